The topological polar surface area (TPSA) is 17.8 Å². The van der Waals surface area contributed by atoms with Crippen molar-refractivity contribution in [2.75, 3.05) is 0 Å². The number of nitrogens with zero attached hydrogens (tertiary/aromatic N) is 2. The Morgan fingerprint density at radius 1 is 1.05 bits per heavy atom. The Kier molecular flexibility index (Phi) is 4.13. The van der Waals surface area contributed by atoms with Gasteiger partial charge in [-0.05, 0) is 18.6 Å². The van der Waals surface area contributed by atoms with Crippen LogP contribution in [0, 0.1) is 6.92 Å². The summed E-state index contributed by atoms with van der Waals surface area (Å²) in [6.07, 6.45) is 0. The summed E-state index contributed by atoms with van der Waals surface area (Å²) in [5.74, 6) is 0. The number of benzene rings is 2. The largest absolute Gasteiger partial charge is 0.249 e. The molecule has 106 valence electrons. The molecule has 0 fully saturated rings. The Bertz CT molecular complexity index is 766. The molecule has 3 aromatic rings. The van der Waals surface area contributed by atoms with Crippen LogP contribution in [0.5, 0.6) is 0 Å². The third kappa shape index (κ3) is 2.89. The Balaban J connectivity index is 2.00. The van der Waals surface area contributed by atoms with Gasteiger partial charge in [0.2, 0.25) is 0 Å². The van der Waals surface area contributed by atoms with Gasteiger partial charge in [0.1, 0.15) is 5.15 Å². The molecule has 0 saturated heterocycles. The maximum atomic E-state index is 6.45. The van der Waals surface area contributed by atoms with Crippen LogP contribution in [-0.2, 0) is 6.54 Å². The Labute approximate surface area is 137 Å². The van der Waals surface area contributed by atoms with Gasteiger partial charge < -0.3 is 0 Å². The lowest BCUT2D eigenvalue weighted by Gasteiger charge is -2.05. The second-order valence-electron chi connectivity index (χ2n) is 4.88. The summed E-state index contributed by atoms with van der Waals surface area (Å²) in [6, 6.07) is 18.2. The molecule has 21 heavy (non-hydrogen) atoms. The van der Waals surface area contributed by atoms with E-state index in [9.17, 15) is 0 Å². The summed E-state index contributed by atoms with van der Waals surface area (Å²) in [5.41, 5.74) is 4.19. The van der Waals surface area contributed by atoms with Gasteiger partial charge in [0.15, 0.2) is 0 Å². The molecular formula is C17H14BrClN2. The molecule has 0 aliphatic rings. The zero-order valence-electron chi connectivity index (χ0n) is 11.6. The van der Waals surface area contributed by atoms with E-state index in [4.69, 9.17) is 11.6 Å². The van der Waals surface area contributed by atoms with Crippen LogP contribution < -0.4 is 0 Å². The van der Waals surface area contributed by atoms with Crippen molar-refractivity contribution in [2.24, 2.45) is 0 Å². The average Bonchev–Trinajstić information content (AvgIpc) is 2.79. The van der Waals surface area contributed by atoms with E-state index in [0.29, 0.717) is 11.7 Å². The fourth-order valence-corrected chi connectivity index (χ4v) is 2.89. The summed E-state index contributed by atoms with van der Waals surface area (Å²) in [4.78, 5) is 0. The number of rotatable bonds is 3. The minimum absolute atomic E-state index is 0.647. The van der Waals surface area contributed by atoms with Crippen LogP contribution in [0.2, 0.25) is 5.15 Å². The summed E-state index contributed by atoms with van der Waals surface area (Å²) >= 11 is 10.0. The van der Waals surface area contributed by atoms with Crippen LogP contribution in [-0.4, -0.2) is 9.78 Å². The van der Waals surface area contributed by atoms with Crippen LogP contribution in [0.15, 0.2) is 59.1 Å². The highest BCUT2D eigenvalue weighted by Crippen LogP contribution is 2.29. The lowest BCUT2D eigenvalue weighted by molar-refractivity contribution is 0.688. The molecule has 0 unspecified atom stereocenters. The predicted molar refractivity (Wildman–Crippen MR) is 90.7 cm³/mol. The minimum atomic E-state index is 0.647. The highest BCUT2D eigenvalue weighted by Gasteiger charge is 2.14. The molecule has 1 aromatic heterocycles. The molecular weight excluding hydrogens is 348 g/mol. The molecule has 2 aromatic carbocycles. The summed E-state index contributed by atoms with van der Waals surface area (Å²) in [7, 11) is 0. The van der Waals surface area contributed by atoms with Gasteiger partial charge in [-0.2, -0.15) is 5.10 Å². The molecule has 0 atom stereocenters. The van der Waals surface area contributed by atoms with Crippen LogP contribution in [0.4, 0.5) is 0 Å². The smallest absolute Gasteiger partial charge is 0.130 e. The van der Waals surface area contributed by atoms with Gasteiger partial charge in [-0.1, -0.05) is 76.1 Å². The first-order valence-electron chi connectivity index (χ1n) is 6.68. The average molecular weight is 362 g/mol. The Hall–Kier alpha value is -1.58. The molecule has 0 spiro atoms. The van der Waals surface area contributed by atoms with Gasteiger partial charge in [-0.15, -0.1) is 0 Å². The van der Waals surface area contributed by atoms with E-state index in [-0.39, 0.29) is 0 Å². The van der Waals surface area contributed by atoms with E-state index in [0.717, 1.165) is 26.9 Å². The van der Waals surface area contributed by atoms with E-state index in [1.807, 2.05) is 48.0 Å². The lowest BCUT2D eigenvalue weighted by atomic mass is 10.1. The fraction of sp³-hybridized carbons (Fsp3) is 0.118. The van der Waals surface area contributed by atoms with Gasteiger partial charge in [0.05, 0.1) is 12.2 Å². The lowest BCUT2D eigenvalue weighted by Crippen LogP contribution is -2.02. The van der Waals surface area contributed by atoms with E-state index < -0.39 is 0 Å². The Morgan fingerprint density at radius 2 is 1.71 bits per heavy atom. The van der Waals surface area contributed by atoms with Gasteiger partial charge >= 0.3 is 0 Å². The van der Waals surface area contributed by atoms with Crippen molar-refractivity contribution in [3.63, 3.8) is 0 Å². The number of halogens is 2. The van der Waals surface area contributed by atoms with E-state index in [1.54, 1.807) is 0 Å². The van der Waals surface area contributed by atoms with Crippen LogP contribution in [0.3, 0.4) is 0 Å². The molecule has 0 aliphatic heterocycles. The maximum absolute atomic E-state index is 6.45. The third-order valence-electron chi connectivity index (χ3n) is 3.44. The second kappa shape index (κ2) is 6.04. The number of aromatic nitrogens is 2. The molecule has 0 bridgehead atoms. The van der Waals surface area contributed by atoms with Gasteiger partial charge in [0.25, 0.3) is 0 Å². The van der Waals surface area contributed by atoms with Crippen LogP contribution >= 0.6 is 27.5 Å². The zero-order valence-corrected chi connectivity index (χ0v) is 13.9. The first-order valence-corrected chi connectivity index (χ1v) is 7.85. The van der Waals surface area contributed by atoms with Crippen molar-refractivity contribution in [1.82, 2.24) is 9.78 Å². The number of hydrogen-bond donors (Lipinski definition) is 0. The summed E-state index contributed by atoms with van der Waals surface area (Å²) in [5, 5.41) is 5.36. The highest BCUT2D eigenvalue weighted by molar-refractivity contribution is 9.10. The SMILES string of the molecule is Cc1c(-c2ccccc2)nn(Cc2ccccc2Br)c1Cl. The van der Waals surface area contributed by atoms with Crippen LogP contribution in [0.25, 0.3) is 11.3 Å². The molecule has 4 heteroatoms. The first-order chi connectivity index (χ1) is 10.2. The molecule has 3 rings (SSSR count). The summed E-state index contributed by atoms with van der Waals surface area (Å²) < 4.78 is 2.91. The van der Waals surface area contributed by atoms with E-state index >= 15 is 0 Å². The van der Waals surface area contributed by atoms with Crippen molar-refractivity contribution < 1.29 is 0 Å². The molecule has 0 N–H and O–H groups in total. The third-order valence-corrected chi connectivity index (χ3v) is 4.69. The quantitative estimate of drug-likeness (QED) is 0.617. The molecule has 2 nitrogen and oxygen atoms in total. The van der Waals surface area contributed by atoms with Gasteiger partial charge in [-0.3, -0.25) is 0 Å². The van der Waals surface area contributed by atoms with Gasteiger partial charge in [0, 0.05) is 15.6 Å². The van der Waals surface area contributed by atoms with Crippen molar-refractivity contribution in [3.05, 3.63) is 75.4 Å². The molecule has 1 heterocycles. The van der Waals surface area contributed by atoms with Crippen molar-refractivity contribution in [3.8, 4) is 11.3 Å². The first kappa shape index (κ1) is 14.4. The van der Waals surface area contributed by atoms with Crippen molar-refractivity contribution in [2.45, 2.75) is 13.5 Å². The van der Waals surface area contributed by atoms with Crippen molar-refractivity contribution in [1.29, 1.82) is 0 Å². The molecule has 0 saturated carbocycles. The highest BCUT2D eigenvalue weighted by atomic mass is 79.9. The second-order valence-corrected chi connectivity index (χ2v) is 6.09. The summed E-state index contributed by atoms with van der Waals surface area (Å²) in [6.45, 7) is 2.65. The predicted octanol–water partition coefficient (Wildman–Crippen LogP) is 5.32. The standard InChI is InChI=1S/C17H14BrClN2/c1-12-16(13-7-3-2-4-8-13)20-21(17(12)19)11-14-9-5-6-10-15(14)18/h2-10H,11H2,1H3. The normalized spacial score (nSPS) is 10.8. The molecule has 0 amide bonds. The van der Waals surface area contributed by atoms with Gasteiger partial charge in [-0.25, -0.2) is 4.68 Å². The fourth-order valence-electron chi connectivity index (χ4n) is 2.29. The van der Waals surface area contributed by atoms with Crippen molar-refractivity contribution >= 4 is 27.5 Å². The maximum Gasteiger partial charge on any atom is 0.130 e. The molecule has 0 aliphatic carbocycles. The minimum Gasteiger partial charge on any atom is -0.249 e. The molecule has 0 radical (unpaired) electrons. The number of hydrogen-bond acceptors (Lipinski definition) is 1. The zero-order chi connectivity index (χ0) is 14.8. The van der Waals surface area contributed by atoms with E-state index in [1.165, 1.54) is 0 Å². The van der Waals surface area contributed by atoms with E-state index in [2.05, 4.69) is 39.2 Å². The van der Waals surface area contributed by atoms with Crippen LogP contribution in [0.1, 0.15) is 11.1 Å². The Morgan fingerprint density at radius 3 is 2.43 bits per heavy atom. The monoisotopic (exact) mass is 360 g/mol.